The molecule has 0 unspecified atom stereocenters. The molecule has 3 rings (SSSR count). The average molecular weight is 512 g/mol. The van der Waals surface area contributed by atoms with Gasteiger partial charge in [0.1, 0.15) is 10.6 Å². The van der Waals surface area contributed by atoms with E-state index in [0.29, 0.717) is 11.4 Å². The van der Waals surface area contributed by atoms with Crippen molar-refractivity contribution in [2.24, 2.45) is 5.92 Å². The molecule has 160 valence electrons. The average Bonchev–Trinajstić information content (AvgIpc) is 3.24. The zero-order chi connectivity index (χ0) is 21.7. The van der Waals surface area contributed by atoms with Gasteiger partial charge in [0, 0.05) is 21.8 Å². The fourth-order valence-corrected chi connectivity index (χ4v) is 4.99. The van der Waals surface area contributed by atoms with E-state index in [4.69, 9.17) is 17.0 Å². The topological polar surface area (TPSA) is 96.5 Å². The highest BCUT2D eigenvalue weighted by atomic mass is 79.9. The lowest BCUT2D eigenvalue weighted by Gasteiger charge is -2.15. The van der Waals surface area contributed by atoms with Crippen LogP contribution in [0.15, 0.2) is 51.8 Å². The van der Waals surface area contributed by atoms with Crippen molar-refractivity contribution >= 4 is 60.6 Å². The number of ether oxygens (including phenoxy) is 1. The highest BCUT2D eigenvalue weighted by Gasteiger charge is 2.24. The van der Waals surface area contributed by atoms with Gasteiger partial charge in [-0.2, -0.15) is 0 Å². The van der Waals surface area contributed by atoms with Crippen LogP contribution in [0.1, 0.15) is 25.7 Å². The zero-order valence-electron chi connectivity index (χ0n) is 16.3. The smallest absolute Gasteiger partial charge is 0.265 e. The second-order valence-electron chi connectivity index (χ2n) is 6.90. The van der Waals surface area contributed by atoms with E-state index in [-0.39, 0.29) is 27.6 Å². The van der Waals surface area contributed by atoms with Gasteiger partial charge in [-0.3, -0.25) is 9.52 Å². The number of anilines is 2. The van der Waals surface area contributed by atoms with Gasteiger partial charge in [0.05, 0.1) is 7.11 Å². The Kier molecular flexibility index (Phi) is 7.32. The predicted octanol–water partition coefficient (Wildman–Crippen LogP) is 4.26. The molecular weight excluding hydrogens is 490 g/mol. The Morgan fingerprint density at radius 1 is 1.10 bits per heavy atom. The van der Waals surface area contributed by atoms with Crippen molar-refractivity contribution in [2.75, 3.05) is 17.1 Å². The summed E-state index contributed by atoms with van der Waals surface area (Å²) in [4.78, 5) is 12.2. The zero-order valence-corrected chi connectivity index (χ0v) is 19.5. The standard InChI is InChI=1S/C20H22BrN3O4S2/c1-28-17-11-10-16(22-20(29)23-19(25)13-4-2-3-5-13)12-18(17)30(26,27)24-15-8-6-14(21)7-9-15/h6-13,24H,2-5H2,1H3,(H2,22,23,25,29). The quantitative estimate of drug-likeness (QED) is 0.501. The highest BCUT2D eigenvalue weighted by Crippen LogP contribution is 2.29. The number of halogens is 1. The third-order valence-corrected chi connectivity index (χ3v) is 6.91. The summed E-state index contributed by atoms with van der Waals surface area (Å²) >= 11 is 8.53. The molecule has 2 aromatic carbocycles. The Balaban J connectivity index is 1.76. The van der Waals surface area contributed by atoms with Crippen molar-refractivity contribution < 1.29 is 17.9 Å². The van der Waals surface area contributed by atoms with E-state index < -0.39 is 10.0 Å². The number of methoxy groups -OCH3 is 1. The van der Waals surface area contributed by atoms with E-state index in [1.165, 1.54) is 19.2 Å². The number of benzene rings is 2. The predicted molar refractivity (Wildman–Crippen MR) is 124 cm³/mol. The lowest BCUT2D eigenvalue weighted by atomic mass is 10.1. The van der Waals surface area contributed by atoms with Crippen molar-refractivity contribution in [3.05, 3.63) is 46.9 Å². The van der Waals surface area contributed by atoms with Gasteiger partial charge < -0.3 is 15.4 Å². The van der Waals surface area contributed by atoms with E-state index in [1.807, 2.05) is 0 Å². The van der Waals surface area contributed by atoms with Crippen LogP contribution in [-0.2, 0) is 14.8 Å². The van der Waals surface area contributed by atoms with Crippen molar-refractivity contribution in [3.63, 3.8) is 0 Å². The Morgan fingerprint density at radius 3 is 2.37 bits per heavy atom. The van der Waals surface area contributed by atoms with E-state index in [9.17, 15) is 13.2 Å². The third-order valence-electron chi connectivity index (χ3n) is 4.77. The molecular formula is C20H22BrN3O4S2. The molecule has 1 fully saturated rings. The fraction of sp³-hybridized carbons (Fsp3) is 0.300. The number of carbonyl (C=O) groups excluding carboxylic acids is 1. The van der Waals surface area contributed by atoms with Crippen molar-refractivity contribution in [2.45, 2.75) is 30.6 Å². The molecule has 0 atom stereocenters. The summed E-state index contributed by atoms with van der Waals surface area (Å²) in [5.41, 5.74) is 0.835. The summed E-state index contributed by atoms with van der Waals surface area (Å²) in [5, 5.41) is 5.69. The molecule has 3 N–H and O–H groups in total. The summed E-state index contributed by atoms with van der Waals surface area (Å²) in [6.07, 6.45) is 3.81. The van der Waals surface area contributed by atoms with Crippen LogP contribution in [0, 0.1) is 5.92 Å². The first kappa shape index (κ1) is 22.5. The Bertz CT molecular complexity index is 1040. The van der Waals surface area contributed by atoms with E-state index in [0.717, 1.165) is 30.2 Å². The monoisotopic (exact) mass is 511 g/mol. The molecule has 1 aliphatic rings. The SMILES string of the molecule is COc1ccc(NC(=S)NC(=O)C2CCCC2)cc1S(=O)(=O)Nc1ccc(Br)cc1. The summed E-state index contributed by atoms with van der Waals surface area (Å²) in [6.45, 7) is 0. The summed E-state index contributed by atoms with van der Waals surface area (Å²) in [6, 6.07) is 11.3. The van der Waals surface area contributed by atoms with Crippen LogP contribution in [-0.4, -0.2) is 26.5 Å². The first-order valence-corrected chi connectivity index (χ1v) is 12.1. The second kappa shape index (κ2) is 9.76. The molecule has 1 aliphatic carbocycles. The van der Waals surface area contributed by atoms with E-state index >= 15 is 0 Å². The fourth-order valence-electron chi connectivity index (χ4n) is 3.26. The first-order chi connectivity index (χ1) is 14.3. The van der Waals surface area contributed by atoms with Gasteiger partial charge in [-0.15, -0.1) is 0 Å². The summed E-state index contributed by atoms with van der Waals surface area (Å²) < 4.78 is 34.4. The molecule has 30 heavy (non-hydrogen) atoms. The van der Waals surface area contributed by atoms with Crippen LogP contribution in [0.3, 0.4) is 0 Å². The van der Waals surface area contributed by atoms with Crippen LogP contribution in [0.25, 0.3) is 0 Å². The minimum absolute atomic E-state index is 0.0216. The van der Waals surface area contributed by atoms with Crippen LogP contribution in [0.4, 0.5) is 11.4 Å². The maximum Gasteiger partial charge on any atom is 0.265 e. The largest absolute Gasteiger partial charge is 0.495 e. The number of hydrogen-bond acceptors (Lipinski definition) is 5. The van der Waals surface area contributed by atoms with Crippen LogP contribution >= 0.6 is 28.1 Å². The van der Waals surface area contributed by atoms with E-state index in [2.05, 4.69) is 31.3 Å². The lowest BCUT2D eigenvalue weighted by Crippen LogP contribution is -2.37. The van der Waals surface area contributed by atoms with Gasteiger partial charge >= 0.3 is 0 Å². The second-order valence-corrected chi connectivity index (χ2v) is 9.88. The third kappa shape index (κ3) is 5.71. The van der Waals surface area contributed by atoms with Crippen LogP contribution in [0.5, 0.6) is 5.75 Å². The van der Waals surface area contributed by atoms with Gasteiger partial charge in [-0.05, 0) is 67.5 Å². The number of rotatable bonds is 6. The molecule has 10 heteroatoms. The highest BCUT2D eigenvalue weighted by molar-refractivity contribution is 9.10. The molecule has 2 aromatic rings. The molecule has 0 aliphatic heterocycles. The van der Waals surface area contributed by atoms with Gasteiger partial charge in [-0.1, -0.05) is 28.8 Å². The van der Waals surface area contributed by atoms with Crippen molar-refractivity contribution in [3.8, 4) is 5.75 Å². The van der Waals surface area contributed by atoms with Gasteiger partial charge in [-0.25, -0.2) is 8.42 Å². The van der Waals surface area contributed by atoms with Crippen molar-refractivity contribution in [1.82, 2.24) is 5.32 Å². The molecule has 0 bridgehead atoms. The molecule has 0 spiro atoms. The molecule has 1 saturated carbocycles. The summed E-state index contributed by atoms with van der Waals surface area (Å²) in [5.74, 6) is 0.0565. The van der Waals surface area contributed by atoms with Crippen LogP contribution < -0.4 is 20.1 Å². The Labute approximate surface area is 189 Å². The minimum Gasteiger partial charge on any atom is -0.495 e. The molecule has 0 heterocycles. The molecule has 0 saturated heterocycles. The molecule has 0 aromatic heterocycles. The lowest BCUT2D eigenvalue weighted by molar-refractivity contribution is -0.123. The minimum atomic E-state index is -3.92. The normalized spacial score (nSPS) is 14.2. The van der Waals surface area contributed by atoms with Gasteiger partial charge in [0.25, 0.3) is 10.0 Å². The van der Waals surface area contributed by atoms with Gasteiger partial charge in [0.15, 0.2) is 5.11 Å². The number of sulfonamides is 1. The van der Waals surface area contributed by atoms with Crippen molar-refractivity contribution in [1.29, 1.82) is 0 Å². The Morgan fingerprint density at radius 2 is 1.73 bits per heavy atom. The van der Waals surface area contributed by atoms with Crippen LogP contribution in [0.2, 0.25) is 0 Å². The number of hydrogen-bond donors (Lipinski definition) is 3. The number of amides is 1. The summed E-state index contributed by atoms with van der Waals surface area (Å²) in [7, 11) is -2.53. The molecule has 0 radical (unpaired) electrons. The Hall–Kier alpha value is -2.17. The van der Waals surface area contributed by atoms with Gasteiger partial charge in [0.2, 0.25) is 5.91 Å². The maximum absolute atomic E-state index is 12.9. The molecule has 7 nitrogen and oxygen atoms in total. The first-order valence-electron chi connectivity index (χ1n) is 9.37. The number of carbonyl (C=O) groups is 1. The van der Waals surface area contributed by atoms with E-state index in [1.54, 1.807) is 30.3 Å². The molecule has 1 amide bonds. The maximum atomic E-state index is 12.9. The number of thiocarbonyl (C=S) groups is 1. The number of nitrogens with one attached hydrogen (secondary N) is 3.